The fourth-order valence-electron chi connectivity index (χ4n) is 4.69. The Morgan fingerprint density at radius 1 is 0.660 bits per heavy atom. The quantitative estimate of drug-likeness (QED) is 0.121. The van der Waals surface area contributed by atoms with Crippen molar-refractivity contribution < 1.29 is 55.7 Å². The van der Waals surface area contributed by atoms with E-state index in [1.165, 1.54) is 36.4 Å². The van der Waals surface area contributed by atoms with E-state index in [2.05, 4.69) is 5.32 Å². The first kappa shape index (κ1) is 34.6. The second-order valence-corrected chi connectivity index (χ2v) is 10.5. The first-order chi connectivity index (χ1) is 22.0. The maximum Gasteiger partial charge on any atom is 0.416 e. The molecule has 7 nitrogen and oxygen atoms in total. The van der Waals surface area contributed by atoms with Crippen LogP contribution in [0.2, 0.25) is 0 Å². The first-order valence-electron chi connectivity index (χ1n) is 13.9. The van der Waals surface area contributed by atoms with Crippen LogP contribution >= 0.6 is 0 Å². The zero-order chi connectivity index (χ0) is 34.5. The molecule has 0 radical (unpaired) electrons. The Morgan fingerprint density at radius 2 is 1.17 bits per heavy atom. The minimum absolute atomic E-state index is 0.0115. The molecule has 0 aromatic heterocycles. The molecule has 1 unspecified atom stereocenters. The maximum absolute atomic E-state index is 13.8. The molecule has 1 amide bonds. The van der Waals surface area contributed by atoms with Crippen LogP contribution in [0.1, 0.15) is 60.1 Å². The summed E-state index contributed by atoms with van der Waals surface area (Å²) >= 11 is 0. The van der Waals surface area contributed by atoms with Crippen LogP contribution in [0.15, 0.2) is 97.1 Å². The second kappa shape index (κ2) is 14.0. The summed E-state index contributed by atoms with van der Waals surface area (Å²) < 4.78 is 80.8. The van der Waals surface area contributed by atoms with Crippen LogP contribution < -0.4 is 5.32 Å². The van der Waals surface area contributed by atoms with E-state index in [0.717, 1.165) is 11.1 Å². The molecule has 4 rings (SSSR count). The smallest absolute Gasteiger partial charge is 0.416 e. The number of carbonyl (C=O) groups excluding carboxylic acids is 3. The predicted molar refractivity (Wildman–Crippen MR) is 157 cm³/mol. The molecular formula is C34H25F6NO6. The number of hydrogen-bond donors (Lipinski definition) is 3. The van der Waals surface area contributed by atoms with Crippen LogP contribution in [0, 0.1) is 0 Å². The molecule has 0 aliphatic carbocycles. The van der Waals surface area contributed by atoms with Crippen LogP contribution in [0.5, 0.6) is 0 Å². The van der Waals surface area contributed by atoms with Crippen LogP contribution in [-0.4, -0.2) is 46.3 Å². The van der Waals surface area contributed by atoms with Crippen molar-refractivity contribution in [2.45, 2.75) is 30.8 Å². The molecule has 0 aliphatic heterocycles. The number of carboxylic acids is 1. The molecule has 244 valence electrons. The van der Waals surface area contributed by atoms with E-state index in [0.29, 0.717) is 12.1 Å². The van der Waals surface area contributed by atoms with Crippen molar-refractivity contribution in [3.8, 4) is 11.1 Å². The van der Waals surface area contributed by atoms with Gasteiger partial charge in [0.05, 0.1) is 23.6 Å². The standard InChI is InChI=1S/C34H25F6NO6/c35-33(36,37)25-14-24(15-26(16-25)34(38,39)40)28(42)17-27(21-8-6-20(7-9-21)19-4-2-1-3-5-19)30(44)22-10-12-23(13-11-22)31(45)41-18-29(43)32(46)47/h1-16,27,29,43H,17-18H2,(H,41,45)(H,46,47)/t27?,29-/m1/s1. The molecule has 4 aromatic carbocycles. The highest BCUT2D eigenvalue weighted by Crippen LogP contribution is 2.37. The normalized spacial score (nSPS) is 13.0. The van der Waals surface area contributed by atoms with E-state index in [9.17, 15) is 50.6 Å². The molecule has 0 aliphatic rings. The highest BCUT2D eigenvalue weighted by Gasteiger charge is 2.38. The van der Waals surface area contributed by atoms with Crippen LogP contribution in [-0.2, 0) is 17.1 Å². The van der Waals surface area contributed by atoms with Gasteiger partial charge in [-0.05, 0) is 47.0 Å². The van der Waals surface area contributed by atoms with Crippen molar-refractivity contribution in [1.29, 1.82) is 0 Å². The molecule has 13 heteroatoms. The van der Waals surface area contributed by atoms with Gasteiger partial charge in [-0.15, -0.1) is 0 Å². The average Bonchev–Trinajstić information content (AvgIpc) is 3.05. The van der Waals surface area contributed by atoms with Gasteiger partial charge in [-0.25, -0.2) is 4.79 Å². The Hall–Kier alpha value is -5.30. The lowest BCUT2D eigenvalue weighted by molar-refractivity contribution is -0.146. The summed E-state index contributed by atoms with van der Waals surface area (Å²) in [4.78, 5) is 50.2. The van der Waals surface area contributed by atoms with E-state index in [-0.39, 0.29) is 22.8 Å². The molecule has 4 aromatic rings. The van der Waals surface area contributed by atoms with Gasteiger partial charge in [-0.1, -0.05) is 66.7 Å². The molecule has 0 saturated heterocycles. The lowest BCUT2D eigenvalue weighted by Gasteiger charge is -2.18. The molecule has 0 saturated carbocycles. The van der Waals surface area contributed by atoms with Gasteiger partial charge >= 0.3 is 18.3 Å². The highest BCUT2D eigenvalue weighted by molar-refractivity contribution is 6.07. The first-order valence-corrected chi connectivity index (χ1v) is 13.9. The molecule has 3 N–H and O–H groups in total. The van der Waals surface area contributed by atoms with Crippen LogP contribution in [0.25, 0.3) is 11.1 Å². The summed E-state index contributed by atoms with van der Waals surface area (Å²) in [5.41, 5.74) is -2.43. The van der Waals surface area contributed by atoms with Crippen molar-refractivity contribution in [3.05, 3.63) is 130 Å². The molecule has 0 spiro atoms. The number of rotatable bonds is 11. The highest BCUT2D eigenvalue weighted by atomic mass is 19.4. The number of ketones is 2. The zero-order valence-corrected chi connectivity index (χ0v) is 24.1. The molecule has 0 fully saturated rings. The Balaban J connectivity index is 1.68. The number of aliphatic hydroxyl groups excluding tert-OH is 1. The Kier molecular flexibility index (Phi) is 10.3. The second-order valence-electron chi connectivity index (χ2n) is 10.5. The summed E-state index contributed by atoms with van der Waals surface area (Å²) in [6.07, 6.45) is -13.0. The number of Topliss-reactive ketones (excluding diaryl/α,β-unsaturated/α-hetero) is 2. The molecule has 0 heterocycles. The van der Waals surface area contributed by atoms with Crippen molar-refractivity contribution in [2.75, 3.05) is 6.54 Å². The number of alkyl halides is 6. The number of carboxylic acid groups (broad SMARTS) is 1. The minimum atomic E-state index is -5.18. The van der Waals surface area contributed by atoms with E-state index < -0.39 is 77.5 Å². The largest absolute Gasteiger partial charge is 0.479 e. The van der Waals surface area contributed by atoms with Crippen molar-refractivity contribution in [2.24, 2.45) is 0 Å². The number of halogens is 6. The van der Waals surface area contributed by atoms with E-state index in [1.54, 1.807) is 24.3 Å². The van der Waals surface area contributed by atoms with Gasteiger partial charge < -0.3 is 15.5 Å². The summed E-state index contributed by atoms with van der Waals surface area (Å²) in [5.74, 6) is -5.51. The third kappa shape index (κ3) is 8.70. The Labute approximate surface area is 263 Å². The van der Waals surface area contributed by atoms with E-state index in [4.69, 9.17) is 5.11 Å². The van der Waals surface area contributed by atoms with Crippen molar-refractivity contribution in [1.82, 2.24) is 5.32 Å². The summed E-state index contributed by atoms with van der Waals surface area (Å²) in [7, 11) is 0. The topological polar surface area (TPSA) is 121 Å². The van der Waals surface area contributed by atoms with Crippen LogP contribution in [0.3, 0.4) is 0 Å². The van der Waals surface area contributed by atoms with Gasteiger partial charge in [-0.2, -0.15) is 26.3 Å². The van der Waals surface area contributed by atoms with Crippen molar-refractivity contribution >= 4 is 23.4 Å². The lowest BCUT2D eigenvalue weighted by atomic mass is 9.84. The number of carbonyl (C=O) groups is 4. The van der Waals surface area contributed by atoms with E-state index >= 15 is 0 Å². The molecule has 47 heavy (non-hydrogen) atoms. The minimum Gasteiger partial charge on any atom is -0.479 e. The Morgan fingerprint density at radius 3 is 1.68 bits per heavy atom. The molecule has 2 atom stereocenters. The number of nitrogens with one attached hydrogen (secondary N) is 1. The van der Waals surface area contributed by atoms with Gasteiger partial charge in [0.1, 0.15) is 0 Å². The molecular weight excluding hydrogens is 632 g/mol. The summed E-state index contributed by atoms with van der Waals surface area (Å²) in [5, 5.41) is 20.3. The van der Waals surface area contributed by atoms with Gasteiger partial charge in [0.2, 0.25) is 0 Å². The summed E-state index contributed by atoms with van der Waals surface area (Å²) in [6, 6.07) is 20.9. The predicted octanol–water partition coefficient (Wildman–Crippen LogP) is 6.81. The average molecular weight is 658 g/mol. The Bertz CT molecular complexity index is 1740. The fraction of sp³-hybridized carbons (Fsp3) is 0.176. The summed E-state index contributed by atoms with van der Waals surface area (Å²) in [6.45, 7) is -0.594. The van der Waals surface area contributed by atoms with Crippen LogP contribution in [0.4, 0.5) is 26.3 Å². The van der Waals surface area contributed by atoms with Gasteiger partial charge in [0.25, 0.3) is 5.91 Å². The zero-order valence-electron chi connectivity index (χ0n) is 24.1. The number of aliphatic carboxylic acids is 1. The SMILES string of the molecule is O=C(CC(C(=O)c1ccc(C(=O)NC[C@@H](O)C(=O)O)cc1)c1ccc(-c2ccccc2)cc1)c1cc(C(F)(F)F)cc(C(F)(F)F)c1. The van der Waals surface area contributed by atoms with Crippen molar-refractivity contribution in [3.63, 3.8) is 0 Å². The number of hydrogen-bond acceptors (Lipinski definition) is 5. The van der Waals surface area contributed by atoms with Gasteiger partial charge in [0, 0.05) is 23.1 Å². The third-order valence-electron chi connectivity index (χ3n) is 7.21. The maximum atomic E-state index is 13.8. The lowest BCUT2D eigenvalue weighted by Crippen LogP contribution is -2.36. The van der Waals surface area contributed by atoms with Gasteiger partial charge in [0.15, 0.2) is 17.7 Å². The third-order valence-corrected chi connectivity index (χ3v) is 7.21. The monoisotopic (exact) mass is 657 g/mol. The van der Waals surface area contributed by atoms with E-state index in [1.807, 2.05) is 18.2 Å². The number of benzene rings is 4. The number of amides is 1. The van der Waals surface area contributed by atoms with Gasteiger partial charge in [-0.3, -0.25) is 14.4 Å². The fourth-order valence-corrected chi connectivity index (χ4v) is 4.69. The molecule has 0 bridgehead atoms. The number of aliphatic hydroxyl groups is 1.